The van der Waals surface area contributed by atoms with E-state index in [0.717, 1.165) is 31.3 Å². The van der Waals surface area contributed by atoms with Crippen molar-refractivity contribution in [3.8, 4) is 11.8 Å². The van der Waals surface area contributed by atoms with E-state index in [1.54, 1.807) is 30.3 Å². The van der Waals surface area contributed by atoms with Crippen molar-refractivity contribution in [1.29, 1.82) is 5.26 Å². The first-order valence-corrected chi connectivity index (χ1v) is 12.4. The number of carbonyl (C=O) groups excluding carboxylic acids is 3. The van der Waals surface area contributed by atoms with Gasteiger partial charge in [-0.25, -0.2) is 9.59 Å². The largest absolute Gasteiger partial charge is 0.573 e. The van der Waals surface area contributed by atoms with Crippen molar-refractivity contribution in [3.63, 3.8) is 0 Å². The summed E-state index contributed by atoms with van der Waals surface area (Å²) in [7, 11) is 2.23. The van der Waals surface area contributed by atoms with Gasteiger partial charge >= 0.3 is 18.3 Å². The second-order valence-electron chi connectivity index (χ2n) is 8.91. The fraction of sp³-hybridized carbons (Fsp3) is 0.133. The molecule has 1 heterocycles. The van der Waals surface area contributed by atoms with Crippen LogP contribution in [-0.4, -0.2) is 38.4 Å². The molecule has 0 bridgehead atoms. The lowest BCUT2D eigenvalue weighted by molar-refractivity contribution is -0.274. The van der Waals surface area contributed by atoms with E-state index in [-0.39, 0.29) is 39.6 Å². The van der Waals surface area contributed by atoms with Crippen LogP contribution in [-0.2, 0) is 19.1 Å². The van der Waals surface area contributed by atoms with E-state index in [0.29, 0.717) is 5.56 Å². The number of alkyl halides is 3. The van der Waals surface area contributed by atoms with Crippen LogP contribution >= 0.6 is 0 Å². The van der Waals surface area contributed by atoms with Crippen molar-refractivity contribution in [2.75, 3.05) is 24.4 Å². The molecule has 0 aliphatic carbocycles. The van der Waals surface area contributed by atoms with Gasteiger partial charge in [0, 0.05) is 16.9 Å². The smallest absolute Gasteiger partial charge is 0.466 e. The number of nitrogens with one attached hydrogen (secondary N) is 1. The highest BCUT2D eigenvalue weighted by Gasteiger charge is 2.43. The van der Waals surface area contributed by atoms with Crippen molar-refractivity contribution in [3.05, 3.63) is 113 Å². The van der Waals surface area contributed by atoms with Crippen LogP contribution in [0.2, 0.25) is 0 Å². The van der Waals surface area contributed by atoms with Gasteiger partial charge in [-0.05, 0) is 48.0 Å². The normalized spacial score (nSPS) is 15.0. The highest BCUT2D eigenvalue weighted by Crippen LogP contribution is 2.43. The number of halogens is 3. The minimum atomic E-state index is -4.87. The topological polar surface area (TPSA) is 144 Å². The van der Waals surface area contributed by atoms with Crippen molar-refractivity contribution in [2.24, 2.45) is 5.73 Å². The van der Waals surface area contributed by atoms with E-state index in [9.17, 15) is 32.8 Å². The van der Waals surface area contributed by atoms with E-state index >= 15 is 0 Å². The average Bonchev–Trinajstić information content (AvgIpc) is 3.00. The molecule has 1 atom stereocenters. The number of nitriles is 1. The maximum Gasteiger partial charge on any atom is 0.573 e. The number of amides is 1. The Kier molecular flexibility index (Phi) is 8.70. The zero-order valence-electron chi connectivity index (χ0n) is 22.6. The summed E-state index contributed by atoms with van der Waals surface area (Å²) in [6, 6.07) is 20.7. The number of ether oxygens (including phenoxy) is 3. The molecule has 3 aromatic rings. The Morgan fingerprint density at radius 1 is 0.930 bits per heavy atom. The maximum atomic E-state index is 13.2. The predicted molar refractivity (Wildman–Crippen MR) is 147 cm³/mol. The van der Waals surface area contributed by atoms with Gasteiger partial charge in [0.2, 0.25) is 0 Å². The minimum absolute atomic E-state index is 0.0495. The Morgan fingerprint density at radius 3 is 2.16 bits per heavy atom. The van der Waals surface area contributed by atoms with E-state index < -0.39 is 35.9 Å². The number of hydrogen-bond donors (Lipinski definition) is 2. The summed E-state index contributed by atoms with van der Waals surface area (Å²) in [6.07, 6.45) is -4.87. The molecule has 1 amide bonds. The number of benzene rings is 3. The van der Waals surface area contributed by atoms with Crippen LogP contribution in [0.25, 0.3) is 0 Å². The number of methoxy groups -OCH3 is 2. The molecule has 1 aliphatic rings. The number of hydrogen-bond acceptors (Lipinski definition) is 9. The number of allylic oxidation sites excluding steroid dienone is 1. The van der Waals surface area contributed by atoms with Gasteiger partial charge in [0.25, 0.3) is 5.91 Å². The molecule has 43 heavy (non-hydrogen) atoms. The van der Waals surface area contributed by atoms with Gasteiger partial charge in [0.15, 0.2) is 0 Å². The van der Waals surface area contributed by atoms with Crippen molar-refractivity contribution < 1.29 is 41.8 Å². The molecule has 220 valence electrons. The van der Waals surface area contributed by atoms with Crippen LogP contribution in [0, 0.1) is 11.3 Å². The van der Waals surface area contributed by atoms with Gasteiger partial charge in [-0.15, -0.1) is 13.2 Å². The third-order valence-electron chi connectivity index (χ3n) is 6.32. The maximum absolute atomic E-state index is 13.2. The summed E-state index contributed by atoms with van der Waals surface area (Å²) in [5.41, 5.74) is 6.73. The van der Waals surface area contributed by atoms with Gasteiger partial charge in [-0.2, -0.15) is 5.26 Å². The minimum Gasteiger partial charge on any atom is -0.466 e. The predicted octanol–water partition coefficient (Wildman–Crippen LogP) is 4.74. The van der Waals surface area contributed by atoms with Gasteiger partial charge in [-0.1, -0.05) is 36.4 Å². The van der Waals surface area contributed by atoms with Gasteiger partial charge in [-0.3, -0.25) is 9.69 Å². The molecular formula is C30H23F3N4O6. The molecule has 1 unspecified atom stereocenters. The van der Waals surface area contributed by atoms with Crippen molar-refractivity contribution in [2.45, 2.75) is 12.3 Å². The van der Waals surface area contributed by atoms with E-state index in [1.165, 1.54) is 36.4 Å². The highest BCUT2D eigenvalue weighted by atomic mass is 19.4. The lowest BCUT2D eigenvalue weighted by Crippen LogP contribution is -2.40. The molecular weight excluding hydrogens is 569 g/mol. The van der Waals surface area contributed by atoms with E-state index in [1.807, 2.05) is 6.07 Å². The number of nitrogens with two attached hydrogens (primary N) is 1. The van der Waals surface area contributed by atoms with E-state index in [2.05, 4.69) is 10.1 Å². The molecule has 0 spiro atoms. The number of carbonyl (C=O) groups is 3. The summed E-state index contributed by atoms with van der Waals surface area (Å²) in [5, 5.41) is 12.7. The molecule has 4 rings (SSSR count). The number of esters is 2. The third-order valence-corrected chi connectivity index (χ3v) is 6.32. The average molecular weight is 593 g/mol. The summed E-state index contributed by atoms with van der Waals surface area (Å²) in [6.45, 7) is 0. The highest BCUT2D eigenvalue weighted by molar-refractivity contribution is 6.08. The fourth-order valence-electron chi connectivity index (χ4n) is 4.51. The van der Waals surface area contributed by atoms with Gasteiger partial charge in [0.1, 0.15) is 17.3 Å². The zero-order chi connectivity index (χ0) is 31.3. The second-order valence-corrected chi connectivity index (χ2v) is 8.91. The zero-order valence-corrected chi connectivity index (χ0v) is 22.6. The lowest BCUT2D eigenvalue weighted by atomic mass is 9.81. The summed E-state index contributed by atoms with van der Waals surface area (Å²) < 4.78 is 51.2. The molecule has 0 radical (unpaired) electrons. The van der Waals surface area contributed by atoms with Gasteiger partial charge in [0.05, 0.1) is 37.4 Å². The molecule has 0 saturated carbocycles. The molecule has 1 aliphatic heterocycles. The Hall–Kier alpha value is -5.77. The first kappa shape index (κ1) is 30.2. The molecule has 13 heteroatoms. The van der Waals surface area contributed by atoms with Crippen molar-refractivity contribution in [1.82, 2.24) is 0 Å². The molecule has 0 aromatic heterocycles. The lowest BCUT2D eigenvalue weighted by Gasteiger charge is -2.36. The van der Waals surface area contributed by atoms with Crippen LogP contribution in [0.4, 0.5) is 24.5 Å². The molecule has 0 fully saturated rings. The number of rotatable bonds is 7. The molecule has 3 aromatic carbocycles. The molecule has 0 saturated heterocycles. The fourth-order valence-corrected chi connectivity index (χ4v) is 4.51. The van der Waals surface area contributed by atoms with E-state index in [4.69, 9.17) is 15.2 Å². The van der Waals surface area contributed by atoms with Crippen LogP contribution in [0.15, 0.2) is 102 Å². The Bertz CT molecular complexity index is 1660. The Morgan fingerprint density at radius 2 is 1.58 bits per heavy atom. The summed E-state index contributed by atoms with van der Waals surface area (Å²) in [5.74, 6) is -4.26. The monoisotopic (exact) mass is 592 g/mol. The molecule has 3 N–H and O–H groups in total. The van der Waals surface area contributed by atoms with Crippen LogP contribution in [0.1, 0.15) is 21.8 Å². The van der Waals surface area contributed by atoms with Crippen LogP contribution < -0.4 is 20.7 Å². The standard InChI is InChI=1S/C30H23F3N4O6/c1-41-28(39)24-23(17-7-4-3-5-8-17)22(16-34)26(35)37(25(24)29(40)42-2)20-10-6-9-18(15-20)27(38)36-19-11-13-21(14-12-19)43-30(31,32)33/h3-15,23H,35H2,1-2H3,(H,36,38). The van der Waals surface area contributed by atoms with Crippen LogP contribution in [0.5, 0.6) is 5.75 Å². The first-order chi connectivity index (χ1) is 20.5. The number of nitrogens with zero attached hydrogens (tertiary/aromatic N) is 2. The number of anilines is 2. The molecule has 10 nitrogen and oxygen atoms in total. The summed E-state index contributed by atoms with van der Waals surface area (Å²) in [4.78, 5) is 40.6. The Labute approximate surface area is 243 Å². The quantitative estimate of drug-likeness (QED) is 0.372. The first-order valence-electron chi connectivity index (χ1n) is 12.4. The van der Waals surface area contributed by atoms with Crippen molar-refractivity contribution >= 4 is 29.2 Å². The third kappa shape index (κ3) is 6.43. The van der Waals surface area contributed by atoms with Gasteiger partial charge < -0.3 is 25.3 Å². The summed E-state index contributed by atoms with van der Waals surface area (Å²) >= 11 is 0. The Balaban J connectivity index is 1.78. The van der Waals surface area contributed by atoms with Crippen LogP contribution in [0.3, 0.4) is 0 Å². The SMILES string of the molecule is COC(=O)C1=C(C(=O)OC)N(c2cccc(C(=O)Nc3ccc(OC(F)(F)F)cc3)c2)C(N)=C(C#N)C1c1ccccc1. The second kappa shape index (κ2) is 12.4.